The number of rotatable bonds is 5. The van der Waals surface area contributed by atoms with Crippen molar-refractivity contribution in [3.63, 3.8) is 0 Å². The normalized spacial score (nSPS) is 12.5. The van der Waals surface area contributed by atoms with Crippen molar-refractivity contribution in [2.75, 3.05) is 7.11 Å². The molecule has 1 aromatic heterocycles. The van der Waals surface area contributed by atoms with Crippen LogP contribution in [0.4, 0.5) is 0 Å². The third-order valence-electron chi connectivity index (χ3n) is 3.87. The number of nitrogens with one attached hydrogen (secondary N) is 2. The Morgan fingerprint density at radius 2 is 1.95 bits per heavy atom. The summed E-state index contributed by atoms with van der Waals surface area (Å²) in [6.07, 6.45) is 2.06. The number of hydrogen-bond donors (Lipinski definition) is 2. The summed E-state index contributed by atoms with van der Waals surface area (Å²) in [4.78, 5) is 3.31. The maximum Gasteiger partial charge on any atom is 0.119 e. The molecule has 0 fully saturated rings. The van der Waals surface area contributed by atoms with Crippen molar-refractivity contribution in [1.82, 2.24) is 10.3 Å². The van der Waals surface area contributed by atoms with Gasteiger partial charge < -0.3 is 15.0 Å². The summed E-state index contributed by atoms with van der Waals surface area (Å²) in [5.74, 6) is 0.888. The van der Waals surface area contributed by atoms with E-state index in [0.29, 0.717) is 6.04 Å². The highest BCUT2D eigenvalue weighted by molar-refractivity contribution is 5.84. The van der Waals surface area contributed by atoms with Crippen LogP contribution in [0.25, 0.3) is 10.9 Å². The van der Waals surface area contributed by atoms with Gasteiger partial charge in [-0.2, -0.15) is 0 Å². The van der Waals surface area contributed by atoms with Crippen LogP contribution in [0.5, 0.6) is 5.75 Å². The molecule has 1 heterocycles. The summed E-state index contributed by atoms with van der Waals surface area (Å²) in [7, 11) is 1.70. The maximum atomic E-state index is 5.31. The fourth-order valence-electron chi connectivity index (χ4n) is 2.55. The van der Waals surface area contributed by atoms with E-state index < -0.39 is 0 Å². The second kappa shape index (κ2) is 6.02. The van der Waals surface area contributed by atoms with Gasteiger partial charge in [-0.25, -0.2) is 0 Å². The quantitative estimate of drug-likeness (QED) is 0.740. The van der Waals surface area contributed by atoms with E-state index in [2.05, 4.69) is 59.8 Å². The second-order valence-electron chi connectivity index (χ2n) is 5.24. The molecule has 3 aromatic rings. The minimum atomic E-state index is 0.321. The summed E-state index contributed by atoms with van der Waals surface area (Å²) < 4.78 is 5.31. The molecule has 3 rings (SSSR count). The van der Waals surface area contributed by atoms with Gasteiger partial charge in [0, 0.05) is 29.7 Å². The molecule has 0 radical (unpaired) electrons. The Bertz CT molecular complexity index is 718. The van der Waals surface area contributed by atoms with Gasteiger partial charge in [0.05, 0.1) is 7.11 Å². The van der Waals surface area contributed by atoms with Crippen molar-refractivity contribution in [1.29, 1.82) is 0 Å². The van der Waals surface area contributed by atoms with Gasteiger partial charge in [-0.1, -0.05) is 30.3 Å². The molecule has 1 atom stereocenters. The SMILES string of the molecule is COc1ccc2[nH]cc(CNC(C)c3ccccc3)c2c1. The monoisotopic (exact) mass is 280 g/mol. The molecule has 0 aliphatic heterocycles. The molecule has 0 aliphatic rings. The second-order valence-corrected chi connectivity index (χ2v) is 5.24. The van der Waals surface area contributed by atoms with Crippen LogP contribution in [0.15, 0.2) is 54.7 Å². The van der Waals surface area contributed by atoms with Crippen LogP contribution in [0, 0.1) is 0 Å². The first kappa shape index (κ1) is 13.7. The third kappa shape index (κ3) is 2.93. The van der Waals surface area contributed by atoms with Crippen molar-refractivity contribution >= 4 is 10.9 Å². The summed E-state index contributed by atoms with van der Waals surface area (Å²) >= 11 is 0. The molecule has 0 bridgehead atoms. The van der Waals surface area contributed by atoms with Crippen molar-refractivity contribution in [3.8, 4) is 5.75 Å². The lowest BCUT2D eigenvalue weighted by Crippen LogP contribution is -2.17. The Balaban J connectivity index is 1.76. The zero-order valence-corrected chi connectivity index (χ0v) is 12.4. The highest BCUT2D eigenvalue weighted by Crippen LogP contribution is 2.24. The van der Waals surface area contributed by atoms with Gasteiger partial charge in [0.1, 0.15) is 5.75 Å². The molecule has 3 nitrogen and oxygen atoms in total. The van der Waals surface area contributed by atoms with Gasteiger partial charge in [0.2, 0.25) is 0 Å². The molecule has 108 valence electrons. The first-order chi connectivity index (χ1) is 10.3. The number of ether oxygens (including phenoxy) is 1. The third-order valence-corrected chi connectivity index (χ3v) is 3.87. The highest BCUT2D eigenvalue weighted by atomic mass is 16.5. The van der Waals surface area contributed by atoms with Gasteiger partial charge in [0.25, 0.3) is 0 Å². The smallest absolute Gasteiger partial charge is 0.119 e. The predicted octanol–water partition coefficient (Wildman–Crippen LogP) is 4.03. The summed E-state index contributed by atoms with van der Waals surface area (Å²) in [6, 6.07) is 16.9. The van der Waals surface area contributed by atoms with Crippen LogP contribution in [0.2, 0.25) is 0 Å². The lowest BCUT2D eigenvalue weighted by molar-refractivity contribution is 0.415. The summed E-state index contributed by atoms with van der Waals surface area (Å²) in [5, 5.41) is 4.78. The highest BCUT2D eigenvalue weighted by Gasteiger charge is 2.08. The molecule has 0 saturated heterocycles. The Kier molecular flexibility index (Phi) is 3.93. The van der Waals surface area contributed by atoms with Crippen molar-refractivity contribution in [2.45, 2.75) is 19.5 Å². The van der Waals surface area contributed by atoms with E-state index in [-0.39, 0.29) is 0 Å². The number of fused-ring (bicyclic) bond motifs is 1. The molecule has 3 heteroatoms. The van der Waals surface area contributed by atoms with Crippen molar-refractivity contribution < 1.29 is 4.74 Å². The topological polar surface area (TPSA) is 37.0 Å². The van der Waals surface area contributed by atoms with Crippen LogP contribution >= 0.6 is 0 Å². The van der Waals surface area contributed by atoms with Crippen LogP contribution < -0.4 is 10.1 Å². The molecule has 1 unspecified atom stereocenters. The Hall–Kier alpha value is -2.26. The van der Waals surface area contributed by atoms with Crippen molar-refractivity contribution in [2.24, 2.45) is 0 Å². The van der Waals surface area contributed by atoms with Crippen LogP contribution in [-0.2, 0) is 6.54 Å². The number of aromatic nitrogens is 1. The number of hydrogen-bond acceptors (Lipinski definition) is 2. The lowest BCUT2D eigenvalue weighted by atomic mass is 10.1. The van der Waals surface area contributed by atoms with Crippen LogP contribution in [0.3, 0.4) is 0 Å². The van der Waals surface area contributed by atoms with E-state index in [1.54, 1.807) is 7.11 Å². The number of benzene rings is 2. The molecular weight excluding hydrogens is 260 g/mol. The van der Waals surface area contributed by atoms with Crippen molar-refractivity contribution in [3.05, 3.63) is 65.9 Å². The number of H-pyrrole nitrogens is 1. The van der Waals surface area contributed by atoms with E-state index in [1.165, 1.54) is 16.5 Å². The van der Waals surface area contributed by atoms with E-state index in [0.717, 1.165) is 17.8 Å². The fraction of sp³-hybridized carbons (Fsp3) is 0.222. The van der Waals surface area contributed by atoms with Crippen LogP contribution in [-0.4, -0.2) is 12.1 Å². The predicted molar refractivity (Wildman–Crippen MR) is 86.5 cm³/mol. The average Bonchev–Trinajstić information content (AvgIpc) is 2.95. The maximum absolute atomic E-state index is 5.31. The van der Waals surface area contributed by atoms with Gasteiger partial charge in [-0.15, -0.1) is 0 Å². The summed E-state index contributed by atoms with van der Waals surface area (Å²) in [5.41, 5.74) is 3.70. The van der Waals surface area contributed by atoms with Gasteiger partial charge in [-0.3, -0.25) is 0 Å². The minimum absolute atomic E-state index is 0.321. The first-order valence-corrected chi connectivity index (χ1v) is 7.20. The fourth-order valence-corrected chi connectivity index (χ4v) is 2.55. The molecular formula is C18H20N2O. The molecule has 0 saturated carbocycles. The summed E-state index contributed by atoms with van der Waals surface area (Å²) in [6.45, 7) is 3.01. The van der Waals surface area contributed by atoms with Gasteiger partial charge >= 0.3 is 0 Å². The number of methoxy groups -OCH3 is 1. The Labute approximate surface area is 125 Å². The molecule has 2 aromatic carbocycles. The molecule has 0 aliphatic carbocycles. The molecule has 0 spiro atoms. The average molecular weight is 280 g/mol. The zero-order chi connectivity index (χ0) is 14.7. The van der Waals surface area contributed by atoms with E-state index in [1.807, 2.05) is 12.1 Å². The van der Waals surface area contributed by atoms with Gasteiger partial charge in [-0.05, 0) is 36.2 Å². The lowest BCUT2D eigenvalue weighted by Gasteiger charge is -2.13. The standard InChI is InChI=1S/C18H20N2O/c1-13(14-6-4-3-5-7-14)19-11-15-12-20-18-9-8-16(21-2)10-17(15)18/h3-10,12-13,19-20H,11H2,1-2H3. The number of aromatic amines is 1. The largest absolute Gasteiger partial charge is 0.497 e. The Morgan fingerprint density at radius 1 is 1.14 bits per heavy atom. The molecule has 2 N–H and O–H groups in total. The van der Waals surface area contributed by atoms with E-state index in [9.17, 15) is 0 Å². The van der Waals surface area contributed by atoms with E-state index in [4.69, 9.17) is 4.74 Å². The Morgan fingerprint density at radius 3 is 2.71 bits per heavy atom. The van der Waals surface area contributed by atoms with E-state index >= 15 is 0 Å². The minimum Gasteiger partial charge on any atom is -0.497 e. The first-order valence-electron chi connectivity index (χ1n) is 7.20. The molecule has 21 heavy (non-hydrogen) atoms. The van der Waals surface area contributed by atoms with Crippen LogP contribution in [0.1, 0.15) is 24.1 Å². The zero-order valence-electron chi connectivity index (χ0n) is 12.4. The molecule has 0 amide bonds. The van der Waals surface area contributed by atoms with Gasteiger partial charge in [0.15, 0.2) is 0 Å².